The summed E-state index contributed by atoms with van der Waals surface area (Å²) in [6, 6.07) is 19.9. The molecule has 0 aromatic heterocycles. The molecule has 36 heavy (non-hydrogen) atoms. The lowest BCUT2D eigenvalue weighted by Crippen LogP contribution is -2.35. The monoisotopic (exact) mass is 492 g/mol. The number of rotatable bonds is 9. The molecule has 7 heteroatoms. The summed E-state index contributed by atoms with van der Waals surface area (Å²) in [6.07, 6.45) is 0. The second-order valence-electron chi connectivity index (χ2n) is 9.37. The van der Waals surface area contributed by atoms with E-state index in [0.29, 0.717) is 25.4 Å². The molecule has 1 N–H and O–H groups in total. The van der Waals surface area contributed by atoms with Gasteiger partial charge in [0.15, 0.2) is 11.5 Å². The number of benzene rings is 3. The van der Waals surface area contributed by atoms with Gasteiger partial charge in [0.05, 0.1) is 14.2 Å². The number of halogens is 1. The van der Waals surface area contributed by atoms with Crippen LogP contribution in [0.25, 0.3) is 0 Å². The van der Waals surface area contributed by atoms with E-state index in [1.165, 1.54) is 17.7 Å². The quantitative estimate of drug-likeness (QED) is 0.464. The Balaban J connectivity index is 1.55. The highest BCUT2D eigenvalue weighted by Gasteiger charge is 2.35. The second-order valence-corrected chi connectivity index (χ2v) is 9.37. The zero-order valence-corrected chi connectivity index (χ0v) is 21.0. The van der Waals surface area contributed by atoms with Crippen LogP contribution in [0.1, 0.15) is 29.5 Å². The van der Waals surface area contributed by atoms with Gasteiger partial charge in [-0.05, 0) is 59.0 Å². The molecule has 1 fully saturated rings. The molecular formula is C29H33FN2O4. The maximum absolute atomic E-state index is 13.4. The van der Waals surface area contributed by atoms with Crippen molar-refractivity contribution >= 4 is 5.91 Å². The van der Waals surface area contributed by atoms with Crippen molar-refractivity contribution in [3.8, 4) is 17.2 Å². The van der Waals surface area contributed by atoms with Crippen LogP contribution >= 0.6 is 0 Å². The number of likely N-dealkylation sites (tertiary alicyclic amines) is 1. The minimum atomic E-state index is -0.287. The van der Waals surface area contributed by atoms with E-state index in [0.717, 1.165) is 30.0 Å². The number of carbonyl (C=O) groups excluding carboxylic acids is 1. The molecule has 1 heterocycles. The van der Waals surface area contributed by atoms with E-state index < -0.39 is 0 Å². The van der Waals surface area contributed by atoms with Gasteiger partial charge >= 0.3 is 0 Å². The fourth-order valence-corrected chi connectivity index (χ4v) is 4.98. The number of amides is 1. The first-order valence-corrected chi connectivity index (χ1v) is 12.1. The van der Waals surface area contributed by atoms with E-state index in [4.69, 9.17) is 9.47 Å². The number of phenolic OH excluding ortho intramolecular Hbond substituents is 1. The molecule has 0 spiro atoms. The van der Waals surface area contributed by atoms with Crippen LogP contribution < -0.4 is 9.47 Å². The minimum Gasteiger partial charge on any atom is -0.504 e. The highest BCUT2D eigenvalue weighted by atomic mass is 19.1. The number of hydrogen-bond donors (Lipinski definition) is 1. The normalized spacial score (nSPS) is 17.7. The van der Waals surface area contributed by atoms with Crippen LogP contribution in [0.15, 0.2) is 66.7 Å². The predicted molar refractivity (Wildman–Crippen MR) is 137 cm³/mol. The molecule has 3 aromatic rings. The Morgan fingerprint density at radius 2 is 1.69 bits per heavy atom. The number of hydrogen-bond acceptors (Lipinski definition) is 5. The molecule has 0 radical (unpaired) electrons. The Morgan fingerprint density at radius 3 is 2.33 bits per heavy atom. The van der Waals surface area contributed by atoms with Crippen molar-refractivity contribution in [2.45, 2.75) is 25.9 Å². The Morgan fingerprint density at radius 1 is 1.00 bits per heavy atom. The fraction of sp³-hybridized carbons (Fsp3) is 0.345. The summed E-state index contributed by atoms with van der Waals surface area (Å²) in [6.45, 7) is 4.98. The van der Waals surface area contributed by atoms with E-state index in [-0.39, 0.29) is 29.3 Å². The SMILES string of the molecule is COc1ccc(C2CN(Cc3ccc(O)c(OC)c3)CC2CN(Cc2ccc(F)cc2)C(C)=O)cc1. The number of aromatic hydroxyl groups is 1. The highest BCUT2D eigenvalue weighted by molar-refractivity contribution is 5.73. The molecule has 6 nitrogen and oxygen atoms in total. The van der Waals surface area contributed by atoms with Gasteiger partial charge in [-0.2, -0.15) is 0 Å². The van der Waals surface area contributed by atoms with Gasteiger partial charge in [-0.1, -0.05) is 30.3 Å². The molecule has 1 amide bonds. The largest absolute Gasteiger partial charge is 0.504 e. The van der Waals surface area contributed by atoms with Crippen LogP contribution in [0.3, 0.4) is 0 Å². The van der Waals surface area contributed by atoms with Gasteiger partial charge in [-0.15, -0.1) is 0 Å². The molecule has 2 unspecified atom stereocenters. The second kappa shape index (κ2) is 11.4. The summed E-state index contributed by atoms with van der Waals surface area (Å²) in [7, 11) is 3.20. The lowest BCUT2D eigenvalue weighted by Gasteiger charge is -2.28. The van der Waals surface area contributed by atoms with Crippen molar-refractivity contribution in [2.75, 3.05) is 33.9 Å². The van der Waals surface area contributed by atoms with E-state index in [1.807, 2.05) is 29.2 Å². The van der Waals surface area contributed by atoms with E-state index >= 15 is 0 Å². The lowest BCUT2D eigenvalue weighted by molar-refractivity contribution is -0.130. The van der Waals surface area contributed by atoms with Crippen LogP contribution in [-0.4, -0.2) is 54.7 Å². The van der Waals surface area contributed by atoms with Crippen molar-refractivity contribution in [2.24, 2.45) is 5.92 Å². The van der Waals surface area contributed by atoms with Gasteiger partial charge in [0.2, 0.25) is 5.91 Å². The van der Waals surface area contributed by atoms with E-state index in [9.17, 15) is 14.3 Å². The Bertz CT molecular complexity index is 1170. The van der Waals surface area contributed by atoms with Crippen LogP contribution in [0.2, 0.25) is 0 Å². The number of ether oxygens (including phenoxy) is 2. The molecule has 1 aliphatic rings. The first kappa shape index (κ1) is 25.5. The molecule has 1 aliphatic heterocycles. The third kappa shape index (κ3) is 6.15. The van der Waals surface area contributed by atoms with Crippen LogP contribution in [0, 0.1) is 11.7 Å². The maximum Gasteiger partial charge on any atom is 0.219 e. The van der Waals surface area contributed by atoms with Crippen molar-refractivity contribution in [3.05, 3.63) is 89.2 Å². The maximum atomic E-state index is 13.4. The molecule has 190 valence electrons. The van der Waals surface area contributed by atoms with Crippen molar-refractivity contribution in [1.29, 1.82) is 0 Å². The van der Waals surface area contributed by atoms with E-state index in [2.05, 4.69) is 17.0 Å². The summed E-state index contributed by atoms with van der Waals surface area (Å²) in [4.78, 5) is 16.8. The summed E-state index contributed by atoms with van der Waals surface area (Å²) >= 11 is 0. The van der Waals surface area contributed by atoms with Gasteiger partial charge in [0.1, 0.15) is 11.6 Å². The van der Waals surface area contributed by atoms with Crippen molar-refractivity contribution < 1.29 is 23.8 Å². The van der Waals surface area contributed by atoms with Crippen molar-refractivity contribution in [1.82, 2.24) is 9.80 Å². The molecule has 2 atom stereocenters. The van der Waals surface area contributed by atoms with Crippen LogP contribution in [0.5, 0.6) is 17.2 Å². The van der Waals surface area contributed by atoms with Gasteiger partial charge < -0.3 is 19.5 Å². The zero-order valence-electron chi connectivity index (χ0n) is 21.0. The standard InChI is InChI=1S/C29H33FN2O4/c1-20(33)32(16-21-4-9-25(30)10-5-21)18-24-17-31(15-22-6-13-28(34)29(14-22)36-3)19-27(24)23-7-11-26(35-2)12-8-23/h4-14,24,27,34H,15-19H2,1-3H3. The van der Waals surface area contributed by atoms with Gasteiger partial charge in [-0.3, -0.25) is 9.69 Å². The van der Waals surface area contributed by atoms with Crippen LogP contribution in [0.4, 0.5) is 4.39 Å². The topological polar surface area (TPSA) is 62.2 Å². The highest BCUT2D eigenvalue weighted by Crippen LogP contribution is 2.36. The van der Waals surface area contributed by atoms with Gasteiger partial charge in [-0.25, -0.2) is 4.39 Å². The summed E-state index contributed by atoms with van der Waals surface area (Å²) in [5.74, 6) is 1.53. The average Bonchev–Trinajstić information content (AvgIpc) is 3.28. The Kier molecular flexibility index (Phi) is 8.10. The number of methoxy groups -OCH3 is 2. The molecular weight excluding hydrogens is 459 g/mol. The Labute approximate surface area is 211 Å². The molecule has 4 rings (SSSR count). The molecule has 1 saturated heterocycles. The number of nitrogens with zero attached hydrogens (tertiary/aromatic N) is 2. The fourth-order valence-electron chi connectivity index (χ4n) is 4.98. The third-order valence-corrected chi connectivity index (χ3v) is 6.90. The molecule has 3 aromatic carbocycles. The van der Waals surface area contributed by atoms with E-state index in [1.54, 1.807) is 39.3 Å². The van der Waals surface area contributed by atoms with Crippen LogP contribution in [-0.2, 0) is 17.9 Å². The summed E-state index contributed by atoms with van der Waals surface area (Å²) < 4.78 is 24.0. The third-order valence-electron chi connectivity index (χ3n) is 6.90. The number of carbonyl (C=O) groups is 1. The lowest BCUT2D eigenvalue weighted by atomic mass is 9.88. The first-order chi connectivity index (χ1) is 17.4. The smallest absolute Gasteiger partial charge is 0.219 e. The minimum absolute atomic E-state index is 0.00507. The average molecular weight is 493 g/mol. The molecule has 0 bridgehead atoms. The predicted octanol–water partition coefficient (Wildman–Crippen LogP) is 4.81. The zero-order chi connectivity index (χ0) is 25.7. The van der Waals surface area contributed by atoms with Gasteiger partial charge in [0, 0.05) is 45.6 Å². The summed E-state index contributed by atoms with van der Waals surface area (Å²) in [5, 5.41) is 9.95. The molecule has 0 saturated carbocycles. The molecule has 0 aliphatic carbocycles. The van der Waals surface area contributed by atoms with Crippen molar-refractivity contribution in [3.63, 3.8) is 0 Å². The first-order valence-electron chi connectivity index (χ1n) is 12.1. The number of phenols is 1. The Hall–Kier alpha value is -3.58. The summed E-state index contributed by atoms with van der Waals surface area (Å²) in [5.41, 5.74) is 3.16. The van der Waals surface area contributed by atoms with Gasteiger partial charge in [0.25, 0.3) is 0 Å².